The van der Waals surface area contributed by atoms with Gasteiger partial charge in [-0.25, -0.2) is 15.2 Å². The summed E-state index contributed by atoms with van der Waals surface area (Å²) >= 11 is 0. The highest BCUT2D eigenvalue weighted by molar-refractivity contribution is 5.86. The third-order valence-electron chi connectivity index (χ3n) is 4.25. The summed E-state index contributed by atoms with van der Waals surface area (Å²) in [7, 11) is 2.85. The molecule has 0 aliphatic rings. The van der Waals surface area contributed by atoms with Crippen molar-refractivity contribution in [1.82, 2.24) is 24.1 Å². The van der Waals surface area contributed by atoms with E-state index in [-0.39, 0.29) is 23.5 Å². The molecule has 2 N–H and O–H groups in total. The van der Waals surface area contributed by atoms with E-state index in [4.69, 9.17) is 4.74 Å². The standard InChI is InChI=1S/C18H20N6O5/c1-4-29-12-7-5-6-11(15(12)26)8-20-21-13(25)9-24-10-19-16-14(24)17(27)23(3)18(28)22(16)2/h5-8,10,26H,4,9H2,1-3H3,(H,21,25)/b20-8+. The number of aromatic hydroxyl groups is 1. The van der Waals surface area contributed by atoms with Crippen molar-refractivity contribution in [1.29, 1.82) is 0 Å². The van der Waals surface area contributed by atoms with E-state index in [1.165, 1.54) is 35.8 Å². The van der Waals surface area contributed by atoms with E-state index in [0.29, 0.717) is 17.9 Å². The predicted molar refractivity (Wildman–Crippen MR) is 105 cm³/mol. The highest BCUT2D eigenvalue weighted by atomic mass is 16.5. The number of phenols is 1. The van der Waals surface area contributed by atoms with E-state index in [9.17, 15) is 19.5 Å². The quantitative estimate of drug-likeness (QED) is 0.431. The lowest BCUT2D eigenvalue weighted by atomic mass is 10.2. The number of benzene rings is 1. The molecule has 152 valence electrons. The van der Waals surface area contributed by atoms with Gasteiger partial charge in [-0.15, -0.1) is 0 Å². The average molecular weight is 400 g/mol. The highest BCUT2D eigenvalue weighted by Gasteiger charge is 2.15. The summed E-state index contributed by atoms with van der Waals surface area (Å²) in [5.41, 5.74) is 1.97. The molecule has 0 radical (unpaired) electrons. The molecule has 11 heteroatoms. The molecular formula is C18H20N6O5. The molecule has 1 amide bonds. The van der Waals surface area contributed by atoms with Gasteiger partial charge in [0.15, 0.2) is 22.7 Å². The van der Waals surface area contributed by atoms with E-state index >= 15 is 0 Å². The van der Waals surface area contributed by atoms with Gasteiger partial charge in [0.05, 0.1) is 19.1 Å². The number of imidazole rings is 1. The fourth-order valence-corrected chi connectivity index (χ4v) is 2.80. The summed E-state index contributed by atoms with van der Waals surface area (Å²) < 4.78 is 8.81. The largest absolute Gasteiger partial charge is 0.504 e. The first-order valence-electron chi connectivity index (χ1n) is 8.72. The van der Waals surface area contributed by atoms with E-state index in [2.05, 4.69) is 15.5 Å². The highest BCUT2D eigenvalue weighted by Crippen LogP contribution is 2.28. The molecule has 2 aromatic heterocycles. The van der Waals surface area contributed by atoms with Crippen LogP contribution in [0.4, 0.5) is 0 Å². The van der Waals surface area contributed by atoms with Gasteiger partial charge in [0.25, 0.3) is 11.5 Å². The van der Waals surface area contributed by atoms with Gasteiger partial charge in [0.2, 0.25) is 0 Å². The number of carbonyl (C=O) groups is 1. The van der Waals surface area contributed by atoms with Crippen molar-refractivity contribution in [3.05, 3.63) is 50.9 Å². The van der Waals surface area contributed by atoms with Crippen molar-refractivity contribution in [2.24, 2.45) is 19.2 Å². The Labute approximate surface area is 164 Å². The minimum atomic E-state index is -0.547. The maximum absolute atomic E-state index is 12.4. The van der Waals surface area contributed by atoms with Gasteiger partial charge in [-0.1, -0.05) is 6.07 Å². The number of nitrogens with zero attached hydrogens (tertiary/aromatic N) is 5. The van der Waals surface area contributed by atoms with Crippen LogP contribution in [0.5, 0.6) is 11.5 Å². The van der Waals surface area contributed by atoms with Crippen LogP contribution in [0.1, 0.15) is 12.5 Å². The maximum Gasteiger partial charge on any atom is 0.332 e. The minimum Gasteiger partial charge on any atom is -0.504 e. The number of phenolic OH excluding ortho intramolecular Hbond substituents is 1. The van der Waals surface area contributed by atoms with Gasteiger partial charge in [-0.3, -0.25) is 18.7 Å². The van der Waals surface area contributed by atoms with Gasteiger partial charge < -0.3 is 14.4 Å². The molecule has 0 fully saturated rings. The van der Waals surface area contributed by atoms with E-state index in [1.54, 1.807) is 25.1 Å². The molecule has 0 unspecified atom stereocenters. The second kappa shape index (κ2) is 8.00. The third-order valence-corrected chi connectivity index (χ3v) is 4.25. The zero-order valence-electron chi connectivity index (χ0n) is 16.1. The number of hydrogen-bond acceptors (Lipinski definition) is 7. The summed E-state index contributed by atoms with van der Waals surface area (Å²) in [6, 6.07) is 4.92. The van der Waals surface area contributed by atoms with Crippen molar-refractivity contribution in [2.75, 3.05) is 6.61 Å². The fraction of sp³-hybridized carbons (Fsp3) is 0.278. The Morgan fingerprint density at radius 3 is 2.79 bits per heavy atom. The Morgan fingerprint density at radius 1 is 1.31 bits per heavy atom. The van der Waals surface area contributed by atoms with Crippen LogP contribution in [0.3, 0.4) is 0 Å². The molecule has 0 aliphatic carbocycles. The summed E-state index contributed by atoms with van der Waals surface area (Å²) in [5, 5.41) is 13.9. The first kappa shape index (κ1) is 19.9. The van der Waals surface area contributed by atoms with Gasteiger partial charge in [0.1, 0.15) is 6.54 Å². The number of hydrazone groups is 1. The fourth-order valence-electron chi connectivity index (χ4n) is 2.80. The molecule has 0 aliphatic heterocycles. The molecule has 3 aromatic rings. The van der Waals surface area contributed by atoms with Gasteiger partial charge in [0, 0.05) is 19.7 Å². The Morgan fingerprint density at radius 2 is 2.07 bits per heavy atom. The van der Waals surface area contributed by atoms with E-state index in [0.717, 1.165) is 4.57 Å². The third kappa shape index (κ3) is 3.74. The van der Waals surface area contributed by atoms with Crippen LogP contribution < -0.4 is 21.4 Å². The first-order chi connectivity index (χ1) is 13.8. The van der Waals surface area contributed by atoms with Crippen molar-refractivity contribution in [3.63, 3.8) is 0 Å². The number of nitrogens with one attached hydrogen (secondary N) is 1. The first-order valence-corrected chi connectivity index (χ1v) is 8.72. The smallest absolute Gasteiger partial charge is 0.332 e. The second-order valence-electron chi connectivity index (χ2n) is 6.17. The number of carbonyl (C=O) groups excluding carboxylic acids is 1. The van der Waals surface area contributed by atoms with Crippen molar-refractivity contribution >= 4 is 23.3 Å². The van der Waals surface area contributed by atoms with Crippen LogP contribution in [-0.2, 0) is 25.4 Å². The number of hydrogen-bond donors (Lipinski definition) is 2. The van der Waals surface area contributed by atoms with Gasteiger partial charge >= 0.3 is 5.69 Å². The minimum absolute atomic E-state index is 0.0858. The number of aryl methyl sites for hydroxylation is 1. The maximum atomic E-state index is 12.4. The Bertz CT molecular complexity index is 1220. The van der Waals surface area contributed by atoms with Crippen molar-refractivity contribution < 1.29 is 14.6 Å². The average Bonchev–Trinajstić information content (AvgIpc) is 3.11. The van der Waals surface area contributed by atoms with Gasteiger partial charge in [-0.05, 0) is 19.1 Å². The molecule has 0 saturated heterocycles. The van der Waals surface area contributed by atoms with Crippen LogP contribution >= 0.6 is 0 Å². The van der Waals surface area contributed by atoms with E-state index < -0.39 is 17.2 Å². The summed E-state index contributed by atoms with van der Waals surface area (Å²) in [5.74, 6) is -0.289. The number of ether oxygens (including phenoxy) is 1. The molecule has 29 heavy (non-hydrogen) atoms. The lowest BCUT2D eigenvalue weighted by Gasteiger charge is -2.07. The molecular weight excluding hydrogens is 380 g/mol. The van der Waals surface area contributed by atoms with Crippen LogP contribution in [-0.4, -0.2) is 42.5 Å². The van der Waals surface area contributed by atoms with Crippen LogP contribution in [0.15, 0.2) is 39.2 Å². The Hall–Kier alpha value is -3.89. The molecule has 11 nitrogen and oxygen atoms in total. The normalized spacial score (nSPS) is 11.3. The SMILES string of the molecule is CCOc1cccc(/C=N/NC(=O)Cn2cnc3c2c(=O)n(C)c(=O)n3C)c1O. The Kier molecular flexibility index (Phi) is 5.48. The number of para-hydroxylation sites is 1. The molecule has 3 rings (SSSR count). The van der Waals surface area contributed by atoms with Crippen molar-refractivity contribution in [2.45, 2.75) is 13.5 Å². The molecule has 2 heterocycles. The molecule has 1 aromatic carbocycles. The van der Waals surface area contributed by atoms with Crippen LogP contribution in [0.2, 0.25) is 0 Å². The number of rotatable bonds is 6. The zero-order valence-corrected chi connectivity index (χ0v) is 16.1. The van der Waals surface area contributed by atoms with Crippen LogP contribution in [0.25, 0.3) is 11.2 Å². The monoisotopic (exact) mass is 400 g/mol. The number of aromatic nitrogens is 4. The Balaban J connectivity index is 1.77. The lowest BCUT2D eigenvalue weighted by Crippen LogP contribution is -2.38. The number of fused-ring (bicyclic) bond motifs is 1. The number of amides is 1. The molecule has 0 saturated carbocycles. The predicted octanol–water partition coefficient (Wildman–Crippen LogP) is -0.312. The molecule has 0 spiro atoms. The topological polar surface area (TPSA) is 133 Å². The summed E-state index contributed by atoms with van der Waals surface area (Å²) in [4.78, 5) is 40.6. The van der Waals surface area contributed by atoms with Gasteiger partial charge in [-0.2, -0.15) is 5.10 Å². The second-order valence-corrected chi connectivity index (χ2v) is 6.17. The molecule has 0 atom stereocenters. The zero-order chi connectivity index (χ0) is 21.1. The summed E-state index contributed by atoms with van der Waals surface area (Å²) in [6.07, 6.45) is 2.59. The van der Waals surface area contributed by atoms with E-state index in [1.807, 2.05) is 0 Å². The summed E-state index contributed by atoms with van der Waals surface area (Å²) in [6.45, 7) is 1.96. The lowest BCUT2D eigenvalue weighted by molar-refractivity contribution is -0.121. The van der Waals surface area contributed by atoms with Crippen LogP contribution in [0, 0.1) is 0 Å². The van der Waals surface area contributed by atoms with Crippen molar-refractivity contribution in [3.8, 4) is 11.5 Å². The molecule has 0 bridgehead atoms.